The molecule has 1 atom stereocenters. The number of hydrogen-bond acceptors (Lipinski definition) is 0. The monoisotopic (exact) mass is 432 g/mol. The lowest BCUT2D eigenvalue weighted by molar-refractivity contribution is 0.367. The maximum Gasteiger partial charge on any atom is 0.0421 e. The summed E-state index contributed by atoms with van der Waals surface area (Å²) < 4.78 is 0. The van der Waals surface area contributed by atoms with Gasteiger partial charge in [0.1, 0.15) is 0 Å². The molecule has 30 heavy (non-hydrogen) atoms. The molecule has 0 radical (unpaired) electrons. The number of alkyl halides is 1. The fourth-order valence-corrected chi connectivity index (χ4v) is 4.53. The molecule has 0 aromatic heterocycles. The van der Waals surface area contributed by atoms with Crippen LogP contribution in [0.2, 0.25) is 0 Å². The fourth-order valence-electron chi connectivity index (χ4n) is 4.35. The van der Waals surface area contributed by atoms with Gasteiger partial charge in [-0.25, -0.2) is 0 Å². The third-order valence-electron chi connectivity index (χ3n) is 6.57. The number of halogens is 1. The first-order chi connectivity index (χ1) is 14.5. The molecular formula is C29H49Cl. The molecule has 1 rings (SSSR count). The Kier molecular flexibility index (Phi) is 15.4. The average molecular weight is 433 g/mol. The van der Waals surface area contributed by atoms with Gasteiger partial charge < -0.3 is 0 Å². The van der Waals surface area contributed by atoms with Crippen molar-refractivity contribution in [2.24, 2.45) is 5.92 Å². The lowest BCUT2D eigenvalue weighted by Gasteiger charge is -2.29. The molecule has 1 heteroatoms. The molecule has 0 fully saturated rings. The second-order valence-corrected chi connectivity index (χ2v) is 10.8. The van der Waals surface area contributed by atoms with Gasteiger partial charge in [-0.05, 0) is 43.7 Å². The predicted octanol–water partition coefficient (Wildman–Crippen LogP) is 10.4. The maximum atomic E-state index is 6.75. The van der Waals surface area contributed by atoms with Gasteiger partial charge in [-0.15, -0.1) is 11.6 Å². The lowest BCUT2D eigenvalue weighted by atomic mass is 9.84. The lowest BCUT2D eigenvalue weighted by Crippen LogP contribution is -2.26. The van der Waals surface area contributed by atoms with Crippen molar-refractivity contribution in [2.75, 3.05) is 0 Å². The normalized spacial score (nSPS) is 12.8. The predicted molar refractivity (Wildman–Crippen MR) is 139 cm³/mol. The summed E-state index contributed by atoms with van der Waals surface area (Å²) in [7, 11) is 0. The second kappa shape index (κ2) is 16.9. The van der Waals surface area contributed by atoms with Crippen LogP contribution in [-0.4, -0.2) is 4.87 Å². The van der Waals surface area contributed by atoms with Gasteiger partial charge in [-0.1, -0.05) is 134 Å². The third kappa shape index (κ3) is 13.5. The molecule has 0 aliphatic heterocycles. The third-order valence-corrected chi connectivity index (χ3v) is 6.88. The Morgan fingerprint density at radius 3 is 1.60 bits per heavy atom. The van der Waals surface area contributed by atoms with Gasteiger partial charge in [-0.3, -0.25) is 0 Å². The summed E-state index contributed by atoms with van der Waals surface area (Å²) in [6.45, 7) is 10.5. The molecule has 1 unspecified atom stereocenters. The number of rotatable bonds is 19. The van der Waals surface area contributed by atoms with Crippen molar-refractivity contribution in [1.29, 1.82) is 0 Å². The van der Waals surface area contributed by atoms with Crippen molar-refractivity contribution in [1.82, 2.24) is 0 Å². The Balaban J connectivity index is 2.08. The first-order valence-corrected chi connectivity index (χ1v) is 13.3. The minimum absolute atomic E-state index is 0.145. The Labute approximate surface area is 193 Å². The Morgan fingerprint density at radius 1 is 0.767 bits per heavy atom. The average Bonchev–Trinajstić information content (AvgIpc) is 2.72. The first-order valence-electron chi connectivity index (χ1n) is 12.9. The van der Waals surface area contributed by atoms with E-state index in [9.17, 15) is 0 Å². The Morgan fingerprint density at radius 2 is 1.20 bits per heavy atom. The van der Waals surface area contributed by atoms with E-state index in [4.69, 9.17) is 11.6 Å². The van der Waals surface area contributed by atoms with E-state index in [1.165, 1.54) is 107 Å². The number of benzene rings is 1. The molecule has 0 spiro atoms. The van der Waals surface area contributed by atoms with Gasteiger partial charge in [0.2, 0.25) is 0 Å². The molecule has 0 aliphatic rings. The van der Waals surface area contributed by atoms with Crippen LogP contribution in [0.4, 0.5) is 0 Å². The number of hydrogen-bond donors (Lipinski definition) is 0. The molecule has 0 bridgehead atoms. The van der Waals surface area contributed by atoms with Crippen LogP contribution in [0.15, 0.2) is 30.8 Å². The van der Waals surface area contributed by atoms with Crippen molar-refractivity contribution in [3.63, 3.8) is 0 Å². The van der Waals surface area contributed by atoms with Gasteiger partial charge in [0, 0.05) is 4.87 Å². The SMILES string of the molecule is C=Cc1ccc(CC(CCCCCCCCCCCCCCCC)C(C)(C)Cl)cc1. The largest absolute Gasteiger partial charge is 0.120 e. The van der Waals surface area contributed by atoms with Crippen LogP contribution in [0.5, 0.6) is 0 Å². The highest BCUT2D eigenvalue weighted by molar-refractivity contribution is 6.23. The zero-order chi connectivity index (χ0) is 22.1. The van der Waals surface area contributed by atoms with E-state index < -0.39 is 0 Å². The van der Waals surface area contributed by atoms with Gasteiger partial charge in [0.25, 0.3) is 0 Å². The van der Waals surface area contributed by atoms with E-state index in [-0.39, 0.29) is 4.87 Å². The highest BCUT2D eigenvalue weighted by Crippen LogP contribution is 2.32. The Hall–Kier alpha value is -0.750. The molecule has 1 aromatic rings. The molecule has 1 aromatic carbocycles. The summed E-state index contributed by atoms with van der Waals surface area (Å²) in [5.74, 6) is 0.533. The topological polar surface area (TPSA) is 0 Å². The van der Waals surface area contributed by atoms with Crippen LogP contribution < -0.4 is 0 Å². The Bertz CT molecular complexity index is 522. The molecule has 172 valence electrons. The van der Waals surface area contributed by atoms with Gasteiger partial charge in [0.05, 0.1) is 0 Å². The quantitative estimate of drug-likeness (QED) is 0.150. The van der Waals surface area contributed by atoms with Gasteiger partial charge >= 0.3 is 0 Å². The van der Waals surface area contributed by atoms with Gasteiger partial charge in [-0.2, -0.15) is 0 Å². The molecule has 0 saturated heterocycles. The minimum Gasteiger partial charge on any atom is -0.120 e. The smallest absolute Gasteiger partial charge is 0.0421 e. The van der Waals surface area contributed by atoms with Gasteiger partial charge in [0.15, 0.2) is 0 Å². The molecular weight excluding hydrogens is 384 g/mol. The summed E-state index contributed by atoms with van der Waals surface area (Å²) in [6.07, 6.45) is 24.0. The van der Waals surface area contributed by atoms with E-state index in [1.807, 2.05) is 6.08 Å². The zero-order valence-corrected chi connectivity index (χ0v) is 21.1. The number of unbranched alkanes of at least 4 members (excludes halogenated alkanes) is 13. The molecule has 0 N–H and O–H groups in total. The molecule has 0 aliphatic carbocycles. The molecule has 0 heterocycles. The minimum atomic E-state index is -0.145. The summed E-state index contributed by atoms with van der Waals surface area (Å²) in [5, 5.41) is 0. The summed E-state index contributed by atoms with van der Waals surface area (Å²) >= 11 is 6.75. The van der Waals surface area contributed by atoms with Crippen LogP contribution in [0.1, 0.15) is 128 Å². The van der Waals surface area contributed by atoms with Crippen LogP contribution >= 0.6 is 11.6 Å². The van der Waals surface area contributed by atoms with Crippen molar-refractivity contribution in [3.05, 3.63) is 42.0 Å². The summed E-state index contributed by atoms with van der Waals surface area (Å²) in [6, 6.07) is 8.79. The van der Waals surface area contributed by atoms with Crippen LogP contribution in [-0.2, 0) is 6.42 Å². The molecule has 0 amide bonds. The summed E-state index contributed by atoms with van der Waals surface area (Å²) in [5.41, 5.74) is 2.58. The maximum absolute atomic E-state index is 6.75. The van der Waals surface area contributed by atoms with Crippen LogP contribution in [0.25, 0.3) is 6.08 Å². The second-order valence-electron chi connectivity index (χ2n) is 9.80. The van der Waals surface area contributed by atoms with Crippen LogP contribution in [0.3, 0.4) is 0 Å². The highest BCUT2D eigenvalue weighted by Gasteiger charge is 2.26. The van der Waals surface area contributed by atoms with E-state index in [1.54, 1.807) is 0 Å². The van der Waals surface area contributed by atoms with E-state index in [2.05, 4.69) is 51.6 Å². The van der Waals surface area contributed by atoms with Crippen molar-refractivity contribution in [3.8, 4) is 0 Å². The standard InChI is InChI=1S/C29H49Cl/c1-5-7-8-9-10-11-12-13-14-15-16-17-18-19-20-28(29(3,4)30)25-27-23-21-26(6-2)22-24-27/h6,21-24,28H,2,5,7-20,25H2,1,3-4H3. The van der Waals surface area contributed by atoms with Crippen molar-refractivity contribution < 1.29 is 0 Å². The highest BCUT2D eigenvalue weighted by atomic mass is 35.5. The van der Waals surface area contributed by atoms with Crippen molar-refractivity contribution >= 4 is 17.7 Å². The van der Waals surface area contributed by atoms with E-state index in [0.717, 1.165) is 6.42 Å². The zero-order valence-electron chi connectivity index (χ0n) is 20.4. The fraction of sp³-hybridized carbons (Fsp3) is 0.724. The van der Waals surface area contributed by atoms with E-state index >= 15 is 0 Å². The summed E-state index contributed by atoms with van der Waals surface area (Å²) in [4.78, 5) is -0.145. The van der Waals surface area contributed by atoms with E-state index in [0.29, 0.717) is 5.92 Å². The molecule has 0 saturated carbocycles. The van der Waals surface area contributed by atoms with Crippen LogP contribution in [0, 0.1) is 5.92 Å². The van der Waals surface area contributed by atoms with Crippen molar-refractivity contribution in [2.45, 2.75) is 128 Å². The molecule has 0 nitrogen and oxygen atoms in total. The first kappa shape index (κ1) is 27.3.